The van der Waals surface area contributed by atoms with E-state index in [4.69, 9.17) is 79.1 Å². The predicted octanol–water partition coefficient (Wildman–Crippen LogP) is 2.83. The van der Waals surface area contributed by atoms with Crippen molar-refractivity contribution < 1.29 is 43.9 Å². The second-order valence-electron chi connectivity index (χ2n) is 9.57. The Morgan fingerprint density at radius 2 is 0.959 bits per heavy atom. The third kappa shape index (κ3) is 15.0. The molecular weight excluding hydrogens is 911 g/mol. The summed E-state index contributed by atoms with van der Waals surface area (Å²) in [6, 6.07) is 5.94. The second kappa shape index (κ2) is 24.7. The van der Waals surface area contributed by atoms with Crippen LogP contribution in [-0.2, 0) is 0 Å². The fraction of sp³-hybridized carbons (Fsp3) is 0.333. The van der Waals surface area contributed by atoms with E-state index in [9.17, 15) is 9.59 Å². The number of carbonyl (C=O) groups excluding carboxylic acids is 2. The molecule has 4 aromatic rings. The molecule has 0 aliphatic rings. The van der Waals surface area contributed by atoms with Crippen LogP contribution in [0.3, 0.4) is 0 Å². The number of benzene rings is 2. The molecule has 2 heterocycles. The number of amides is 2. The van der Waals surface area contributed by atoms with E-state index in [-0.39, 0.29) is 74.0 Å². The molecule has 2 aromatic carbocycles. The van der Waals surface area contributed by atoms with Crippen LogP contribution in [0.1, 0.15) is 26.7 Å². The van der Waals surface area contributed by atoms with E-state index in [1.807, 2.05) is 13.8 Å². The third-order valence-corrected chi connectivity index (χ3v) is 7.68. The summed E-state index contributed by atoms with van der Waals surface area (Å²) in [4.78, 5) is 35.8. The van der Waals surface area contributed by atoms with E-state index >= 15 is 0 Å². The molecule has 0 N–H and O–H groups in total. The van der Waals surface area contributed by atoms with Gasteiger partial charge >= 0.3 is 36.0 Å². The Balaban J connectivity index is 0.000000886. The van der Waals surface area contributed by atoms with Crippen molar-refractivity contribution in [2.45, 2.75) is 26.7 Å². The normalized spacial score (nSPS) is 9.96. The van der Waals surface area contributed by atoms with Gasteiger partial charge in [-0.3, -0.25) is 9.13 Å². The summed E-state index contributed by atoms with van der Waals surface area (Å²) in [6.45, 7) is 6.57. The van der Waals surface area contributed by atoms with Crippen molar-refractivity contribution in [2.75, 3.05) is 39.4 Å². The zero-order valence-corrected chi connectivity index (χ0v) is 35.2. The topological polar surface area (TPSA) is 94.7 Å². The van der Waals surface area contributed by atoms with Gasteiger partial charge in [0, 0.05) is 47.9 Å². The maximum atomic E-state index is 12.3. The van der Waals surface area contributed by atoms with E-state index in [0.717, 1.165) is 12.8 Å². The molecule has 0 saturated carbocycles. The van der Waals surface area contributed by atoms with Crippen LogP contribution in [-0.4, -0.2) is 104 Å². The number of nitrogens with zero attached hydrogens (tertiary/aromatic N) is 6. The Kier molecular flexibility index (Phi) is 23.9. The number of aromatic nitrogens is 4. The third-order valence-electron chi connectivity index (χ3n) is 6.12. The summed E-state index contributed by atoms with van der Waals surface area (Å²) in [5.74, 6) is 0.730. The first-order valence-corrected chi connectivity index (χ1v) is 16.4. The van der Waals surface area contributed by atoms with Gasteiger partial charge in [0.25, 0.3) is 0 Å². The quantitative estimate of drug-likeness (QED) is 0.203. The molecular formula is C30H32Cl8N6O4Sn. The van der Waals surface area contributed by atoms with Crippen LogP contribution in [0.2, 0.25) is 30.1 Å². The maximum Gasteiger partial charge on any atom is 2.00 e. The fourth-order valence-corrected chi connectivity index (χ4v) is 5.92. The van der Waals surface area contributed by atoms with Crippen molar-refractivity contribution in [2.24, 2.45) is 0 Å². The Morgan fingerprint density at radius 1 is 0.633 bits per heavy atom. The van der Waals surface area contributed by atoms with Gasteiger partial charge < -0.3 is 44.1 Å². The number of hydrogen-bond acceptors (Lipinski definition) is 6. The van der Waals surface area contributed by atoms with Gasteiger partial charge in [-0.2, -0.15) is 0 Å². The molecule has 4 rings (SSSR count). The molecule has 0 saturated heterocycles. The summed E-state index contributed by atoms with van der Waals surface area (Å²) in [5.41, 5.74) is 0. The van der Waals surface area contributed by atoms with Crippen LogP contribution in [0, 0.1) is 0 Å². The molecule has 49 heavy (non-hydrogen) atoms. The van der Waals surface area contributed by atoms with Gasteiger partial charge in [-0.25, -0.2) is 19.6 Å². The average molecular weight is 943 g/mol. The first-order chi connectivity index (χ1) is 22.0. The van der Waals surface area contributed by atoms with Crippen molar-refractivity contribution in [1.29, 1.82) is 0 Å². The first kappa shape index (κ1) is 47.5. The van der Waals surface area contributed by atoms with Crippen LogP contribution in [0.4, 0.5) is 9.59 Å². The maximum absolute atomic E-state index is 12.3. The standard InChI is InChI=1S/2C15H16Cl3N3O2.2ClH.Sn/c2*1-2-4-20(15(22)21-5-3-19-10-21)6-7-23-14-12(17)8-11(16)9-13(14)18;;;/h2*3,5,8-10H,2,4,6-7H2,1H3;2*1H;/q;;;;+2/p-2. The molecule has 2 aromatic heterocycles. The number of ether oxygens (including phenoxy) is 2. The fourth-order valence-electron chi connectivity index (χ4n) is 4.07. The molecule has 0 spiro atoms. The van der Waals surface area contributed by atoms with E-state index in [2.05, 4.69) is 9.97 Å². The number of carbonyl (C=O) groups is 2. The van der Waals surface area contributed by atoms with Crippen LogP contribution < -0.4 is 34.3 Å². The SMILES string of the molecule is CCCN(CCOc1c(Cl)cc(Cl)cc1Cl)C(=O)n1ccnc1.CCCN(CCOc1c(Cl)cc(Cl)cc1Cl)C(=O)n1ccnc1.[Cl-].[Cl-].[Sn+2]. The molecule has 19 heteroatoms. The monoisotopic (exact) mass is 940 g/mol. The largest absolute Gasteiger partial charge is 2.00 e. The van der Waals surface area contributed by atoms with Crippen molar-refractivity contribution in [3.63, 3.8) is 0 Å². The average Bonchev–Trinajstić information content (AvgIpc) is 3.74. The minimum Gasteiger partial charge on any atom is -1.00 e. The summed E-state index contributed by atoms with van der Waals surface area (Å²) in [6.07, 6.45) is 11.0. The Morgan fingerprint density at radius 3 is 1.22 bits per heavy atom. The van der Waals surface area contributed by atoms with Crippen LogP contribution in [0.5, 0.6) is 11.5 Å². The van der Waals surface area contributed by atoms with E-state index in [1.165, 1.54) is 21.8 Å². The molecule has 0 fully saturated rings. The second-order valence-corrected chi connectivity index (χ2v) is 12.1. The number of rotatable bonds is 12. The smallest absolute Gasteiger partial charge is 1.00 e. The Labute approximate surface area is 345 Å². The van der Waals surface area contributed by atoms with Crippen molar-refractivity contribution >= 4 is 106 Å². The van der Waals surface area contributed by atoms with Crippen molar-refractivity contribution in [1.82, 2.24) is 28.9 Å². The molecule has 0 bridgehead atoms. The minimum atomic E-state index is -0.152. The number of halogens is 8. The molecule has 266 valence electrons. The van der Waals surface area contributed by atoms with Gasteiger partial charge in [0.2, 0.25) is 0 Å². The Bertz CT molecular complexity index is 1410. The molecule has 0 unspecified atom stereocenters. The zero-order chi connectivity index (χ0) is 33.6. The van der Waals surface area contributed by atoms with Gasteiger partial charge in [0.1, 0.15) is 25.9 Å². The van der Waals surface area contributed by atoms with Gasteiger partial charge in [0.05, 0.1) is 33.2 Å². The number of hydrogen-bond donors (Lipinski definition) is 0. The van der Waals surface area contributed by atoms with Crippen LogP contribution in [0.15, 0.2) is 61.7 Å². The molecule has 2 radical (unpaired) electrons. The molecule has 0 aliphatic heterocycles. The first-order valence-electron chi connectivity index (χ1n) is 14.1. The summed E-state index contributed by atoms with van der Waals surface area (Å²) < 4.78 is 14.1. The predicted molar refractivity (Wildman–Crippen MR) is 189 cm³/mol. The van der Waals surface area contributed by atoms with Gasteiger partial charge in [-0.15, -0.1) is 0 Å². The molecule has 10 nitrogen and oxygen atoms in total. The minimum absolute atomic E-state index is 0. The van der Waals surface area contributed by atoms with Gasteiger partial charge in [-0.1, -0.05) is 83.5 Å². The van der Waals surface area contributed by atoms with E-state index in [0.29, 0.717) is 67.8 Å². The molecule has 0 aliphatic carbocycles. The molecule has 0 atom stereocenters. The van der Waals surface area contributed by atoms with Crippen molar-refractivity contribution in [3.8, 4) is 11.5 Å². The summed E-state index contributed by atoms with van der Waals surface area (Å²) in [7, 11) is 0. The van der Waals surface area contributed by atoms with E-state index in [1.54, 1.807) is 58.9 Å². The van der Waals surface area contributed by atoms with Crippen molar-refractivity contribution in [3.05, 3.63) is 91.8 Å². The zero-order valence-electron chi connectivity index (χ0n) is 26.3. The summed E-state index contributed by atoms with van der Waals surface area (Å²) in [5, 5.41) is 2.23. The van der Waals surface area contributed by atoms with Gasteiger partial charge in [-0.05, 0) is 37.1 Å². The van der Waals surface area contributed by atoms with E-state index < -0.39 is 0 Å². The molecule has 2 amide bonds. The van der Waals surface area contributed by atoms with Gasteiger partial charge in [0.15, 0.2) is 11.5 Å². The summed E-state index contributed by atoms with van der Waals surface area (Å²) >= 11 is 36.0. The Hall–Kier alpha value is -1.48. The van der Waals surface area contributed by atoms with Crippen LogP contribution >= 0.6 is 69.6 Å². The number of imidazole rings is 2. The van der Waals surface area contributed by atoms with Crippen LogP contribution in [0.25, 0.3) is 0 Å².